The van der Waals surface area contributed by atoms with Crippen LogP contribution in [0.5, 0.6) is 0 Å². The first-order valence-electron chi connectivity index (χ1n) is 9.72. The Hall–Kier alpha value is -2.14. The third-order valence-electron chi connectivity index (χ3n) is 4.65. The molecule has 0 aliphatic heterocycles. The molecule has 0 saturated heterocycles. The van der Waals surface area contributed by atoms with Gasteiger partial charge < -0.3 is 10.2 Å². The Balaban J connectivity index is 1.91. The molecule has 0 saturated carbocycles. The molecule has 0 bridgehead atoms. The third-order valence-corrected chi connectivity index (χ3v) is 5.14. The van der Waals surface area contributed by atoms with Gasteiger partial charge in [-0.1, -0.05) is 23.2 Å². The summed E-state index contributed by atoms with van der Waals surface area (Å²) in [5.74, 6) is 0.821. The Morgan fingerprint density at radius 3 is 2.52 bits per heavy atom. The molecule has 29 heavy (non-hydrogen) atoms. The topological polar surface area (TPSA) is 40.5 Å². The summed E-state index contributed by atoms with van der Waals surface area (Å²) in [6, 6.07) is 15.6. The van der Waals surface area contributed by atoms with Crippen LogP contribution < -0.4 is 5.32 Å². The van der Waals surface area contributed by atoms with E-state index in [0.717, 1.165) is 47.4 Å². The van der Waals surface area contributed by atoms with Gasteiger partial charge in [0.05, 0.1) is 11.2 Å². The fourth-order valence-corrected chi connectivity index (χ4v) is 3.42. The van der Waals surface area contributed by atoms with Crippen molar-refractivity contribution in [3.8, 4) is 0 Å². The fourth-order valence-electron chi connectivity index (χ4n) is 3.13. The van der Waals surface area contributed by atoms with Crippen LogP contribution in [-0.4, -0.2) is 42.4 Å². The van der Waals surface area contributed by atoms with Crippen LogP contribution in [0.3, 0.4) is 0 Å². The Bertz CT molecular complexity index is 984. The van der Waals surface area contributed by atoms with Gasteiger partial charge in [-0.25, -0.2) is 0 Å². The molecule has 1 aromatic heterocycles. The summed E-state index contributed by atoms with van der Waals surface area (Å²) in [5.41, 5.74) is 2.78. The molecule has 2 aromatic carbocycles. The van der Waals surface area contributed by atoms with Crippen molar-refractivity contribution in [1.82, 2.24) is 9.88 Å². The fraction of sp³-hybridized carbons (Fsp3) is 0.304. The monoisotopic (exact) mass is 428 g/mol. The number of hydrogen-bond acceptors (Lipinski definition) is 3. The summed E-state index contributed by atoms with van der Waals surface area (Å²) in [5, 5.41) is 5.89. The second-order valence-corrected chi connectivity index (χ2v) is 8.30. The van der Waals surface area contributed by atoms with E-state index in [4.69, 9.17) is 28.2 Å². The second kappa shape index (κ2) is 10.1. The number of hydrogen-bond donors (Lipinski definition) is 1. The first-order valence-corrected chi connectivity index (χ1v) is 10.5. The number of aliphatic imine (C=N–C) groups is 1. The molecule has 1 atom stereocenters. The largest absolute Gasteiger partial charge is 0.339 e. The highest BCUT2D eigenvalue weighted by Crippen LogP contribution is 2.25. The molecule has 0 radical (unpaired) electrons. The average molecular weight is 429 g/mol. The lowest BCUT2D eigenvalue weighted by molar-refractivity contribution is 0.387. The van der Waals surface area contributed by atoms with E-state index in [9.17, 15) is 0 Å². The highest BCUT2D eigenvalue weighted by atomic mass is 35.5. The number of nitrogens with zero attached hydrogens (tertiary/aromatic N) is 3. The summed E-state index contributed by atoms with van der Waals surface area (Å²) in [4.78, 5) is 11.6. The van der Waals surface area contributed by atoms with Gasteiger partial charge >= 0.3 is 0 Å². The van der Waals surface area contributed by atoms with Gasteiger partial charge in [-0.05, 0) is 88.9 Å². The number of benzene rings is 2. The van der Waals surface area contributed by atoms with Gasteiger partial charge in [-0.15, -0.1) is 0 Å². The molecular formula is C23H26Cl2N4. The van der Waals surface area contributed by atoms with Gasteiger partial charge in [0.1, 0.15) is 5.84 Å². The Labute approximate surface area is 182 Å². The highest BCUT2D eigenvalue weighted by Gasteiger charge is 2.10. The zero-order chi connectivity index (χ0) is 20.8. The molecule has 1 N–H and O–H groups in total. The van der Waals surface area contributed by atoms with Crippen LogP contribution in [0.2, 0.25) is 10.0 Å². The Morgan fingerprint density at radius 2 is 1.79 bits per heavy atom. The number of halogens is 2. The van der Waals surface area contributed by atoms with E-state index in [2.05, 4.69) is 36.2 Å². The predicted molar refractivity (Wildman–Crippen MR) is 126 cm³/mol. The van der Waals surface area contributed by atoms with E-state index in [1.54, 1.807) is 6.20 Å². The number of anilines is 1. The SMILES string of the molecule is CC(CCCN(C)C)N=C(Nc1ccnc2cc(Cl)ccc12)c1ccc(Cl)cc1. The Kier molecular flexibility index (Phi) is 7.48. The van der Waals surface area contributed by atoms with Crippen LogP contribution in [0, 0.1) is 0 Å². The molecule has 152 valence electrons. The molecule has 0 fully saturated rings. The van der Waals surface area contributed by atoms with Crippen molar-refractivity contribution in [2.45, 2.75) is 25.8 Å². The van der Waals surface area contributed by atoms with Crippen molar-refractivity contribution in [2.75, 3.05) is 26.0 Å². The number of nitrogens with one attached hydrogen (secondary N) is 1. The molecule has 4 nitrogen and oxygen atoms in total. The predicted octanol–water partition coefficient (Wildman–Crippen LogP) is 6.13. The second-order valence-electron chi connectivity index (χ2n) is 7.42. The summed E-state index contributed by atoms with van der Waals surface area (Å²) >= 11 is 12.2. The Morgan fingerprint density at radius 1 is 1.07 bits per heavy atom. The maximum Gasteiger partial charge on any atom is 0.133 e. The van der Waals surface area contributed by atoms with E-state index in [0.29, 0.717) is 10.0 Å². The lowest BCUT2D eigenvalue weighted by Crippen LogP contribution is -2.18. The minimum absolute atomic E-state index is 0.190. The highest BCUT2D eigenvalue weighted by molar-refractivity contribution is 6.31. The minimum Gasteiger partial charge on any atom is -0.339 e. The van der Waals surface area contributed by atoms with E-state index >= 15 is 0 Å². The van der Waals surface area contributed by atoms with E-state index in [1.165, 1.54) is 0 Å². The molecular weight excluding hydrogens is 403 g/mol. The van der Waals surface area contributed by atoms with Gasteiger partial charge in [-0.3, -0.25) is 9.98 Å². The van der Waals surface area contributed by atoms with Crippen LogP contribution in [0.1, 0.15) is 25.3 Å². The number of fused-ring (bicyclic) bond motifs is 1. The van der Waals surface area contributed by atoms with Crippen molar-refractivity contribution >= 4 is 45.6 Å². The van der Waals surface area contributed by atoms with Crippen molar-refractivity contribution in [3.05, 3.63) is 70.3 Å². The summed E-state index contributed by atoms with van der Waals surface area (Å²) in [7, 11) is 4.19. The zero-order valence-corrected chi connectivity index (χ0v) is 18.5. The normalized spacial score (nSPS) is 13.1. The summed E-state index contributed by atoms with van der Waals surface area (Å²) in [6.07, 6.45) is 3.90. The van der Waals surface area contributed by atoms with Crippen molar-refractivity contribution < 1.29 is 0 Å². The van der Waals surface area contributed by atoms with Crippen LogP contribution >= 0.6 is 23.2 Å². The summed E-state index contributed by atoms with van der Waals surface area (Å²) < 4.78 is 0. The lowest BCUT2D eigenvalue weighted by atomic mass is 10.1. The number of aromatic nitrogens is 1. The van der Waals surface area contributed by atoms with Crippen molar-refractivity contribution in [1.29, 1.82) is 0 Å². The van der Waals surface area contributed by atoms with Crippen LogP contribution in [0.15, 0.2) is 59.7 Å². The number of amidine groups is 1. The molecule has 1 heterocycles. The van der Waals surface area contributed by atoms with Crippen LogP contribution in [0.25, 0.3) is 10.9 Å². The minimum atomic E-state index is 0.190. The molecule has 0 amide bonds. The van der Waals surface area contributed by atoms with Crippen molar-refractivity contribution in [2.24, 2.45) is 4.99 Å². The first kappa shape index (κ1) is 21.6. The molecule has 1 unspecified atom stereocenters. The lowest BCUT2D eigenvalue weighted by Gasteiger charge is -2.16. The van der Waals surface area contributed by atoms with E-state index < -0.39 is 0 Å². The van der Waals surface area contributed by atoms with Gasteiger partial charge in [0.2, 0.25) is 0 Å². The molecule has 0 aliphatic carbocycles. The van der Waals surface area contributed by atoms with Gasteiger partial charge in [-0.2, -0.15) is 0 Å². The van der Waals surface area contributed by atoms with Crippen molar-refractivity contribution in [3.63, 3.8) is 0 Å². The zero-order valence-electron chi connectivity index (χ0n) is 17.0. The molecule has 3 rings (SSSR count). The van der Waals surface area contributed by atoms with Crippen LogP contribution in [0.4, 0.5) is 5.69 Å². The first-order chi connectivity index (χ1) is 13.9. The number of rotatable bonds is 7. The average Bonchev–Trinajstić information content (AvgIpc) is 2.67. The van der Waals surface area contributed by atoms with E-state index in [-0.39, 0.29) is 6.04 Å². The maximum atomic E-state index is 6.13. The van der Waals surface area contributed by atoms with Gasteiger partial charge in [0, 0.05) is 33.2 Å². The van der Waals surface area contributed by atoms with Gasteiger partial charge in [0.15, 0.2) is 0 Å². The van der Waals surface area contributed by atoms with Gasteiger partial charge in [0.25, 0.3) is 0 Å². The molecule has 0 spiro atoms. The molecule has 0 aliphatic rings. The van der Waals surface area contributed by atoms with E-state index in [1.807, 2.05) is 48.5 Å². The third kappa shape index (κ3) is 6.17. The molecule has 3 aromatic rings. The molecule has 6 heteroatoms. The van der Waals surface area contributed by atoms with Crippen LogP contribution in [-0.2, 0) is 0 Å². The standard InChI is InChI=1S/C23H26Cl2N4/c1-16(5-4-14-29(2)3)27-23(17-6-8-18(24)9-7-17)28-21-12-13-26-22-15-19(25)10-11-20(21)22/h6-13,15-16H,4-5,14H2,1-3H3,(H,26,27,28). The smallest absolute Gasteiger partial charge is 0.133 e. The number of pyridine rings is 1. The quantitative estimate of drug-likeness (QED) is 0.363. The maximum absolute atomic E-state index is 6.13. The summed E-state index contributed by atoms with van der Waals surface area (Å²) in [6.45, 7) is 3.21.